The molecule has 1 aromatic heterocycles. The topological polar surface area (TPSA) is 26.9 Å². The van der Waals surface area contributed by atoms with Crippen LogP contribution in [0.5, 0.6) is 0 Å². The molecule has 0 spiro atoms. The van der Waals surface area contributed by atoms with Crippen LogP contribution in [0.15, 0.2) is 17.2 Å². The highest BCUT2D eigenvalue weighted by atomic mass is 16.1. The molecular formula is C10H22N2O. The monoisotopic (exact) mass is 186 g/mol. The summed E-state index contributed by atoms with van der Waals surface area (Å²) in [6, 6.07) is 0.258. The van der Waals surface area contributed by atoms with Gasteiger partial charge in [-0.1, -0.05) is 21.3 Å². The smallest absolute Gasteiger partial charge is 0.302 e. The molecular weight excluding hydrogens is 164 g/mol. The van der Waals surface area contributed by atoms with Crippen LogP contribution in [-0.4, -0.2) is 9.13 Å². The highest BCUT2D eigenvalue weighted by molar-refractivity contribution is 4.81. The van der Waals surface area contributed by atoms with E-state index < -0.39 is 0 Å². The van der Waals surface area contributed by atoms with Gasteiger partial charge in [-0.05, 0) is 13.8 Å². The molecule has 0 unspecified atom stereocenters. The molecule has 1 heterocycles. The second-order valence-electron chi connectivity index (χ2n) is 2.69. The van der Waals surface area contributed by atoms with Gasteiger partial charge in [-0.2, -0.15) is 0 Å². The summed E-state index contributed by atoms with van der Waals surface area (Å²) in [5.74, 6) is 0. The normalized spacial score (nSPS) is 8.77. The number of aromatic nitrogens is 2. The molecule has 0 bridgehead atoms. The van der Waals surface area contributed by atoms with Gasteiger partial charge < -0.3 is 4.57 Å². The molecule has 0 saturated heterocycles. The van der Waals surface area contributed by atoms with Crippen molar-refractivity contribution in [2.75, 3.05) is 0 Å². The zero-order valence-corrected chi connectivity index (χ0v) is 8.53. The van der Waals surface area contributed by atoms with E-state index in [2.05, 4.69) is 0 Å². The predicted molar refractivity (Wildman–Crippen MR) is 58.1 cm³/mol. The first-order valence-electron chi connectivity index (χ1n) is 4.36. The van der Waals surface area contributed by atoms with Gasteiger partial charge in [-0.3, -0.25) is 4.57 Å². The Morgan fingerprint density at radius 1 is 1.23 bits per heavy atom. The van der Waals surface area contributed by atoms with Crippen LogP contribution in [0.2, 0.25) is 0 Å². The van der Waals surface area contributed by atoms with Crippen molar-refractivity contribution < 1.29 is 0 Å². The molecule has 13 heavy (non-hydrogen) atoms. The molecule has 1 aromatic rings. The Balaban J connectivity index is 0. The highest BCUT2D eigenvalue weighted by Gasteiger charge is 2.01. The molecule has 0 aliphatic carbocycles. The van der Waals surface area contributed by atoms with Crippen LogP contribution in [0.25, 0.3) is 0 Å². The third-order valence-corrected chi connectivity index (χ3v) is 1.53. The summed E-state index contributed by atoms with van der Waals surface area (Å²) in [4.78, 5) is 11.1. The number of nitrogens with zero attached hydrogens (tertiary/aromatic N) is 2. The van der Waals surface area contributed by atoms with E-state index in [1.54, 1.807) is 28.6 Å². The van der Waals surface area contributed by atoms with Gasteiger partial charge in [0.05, 0.1) is 0 Å². The van der Waals surface area contributed by atoms with E-state index >= 15 is 0 Å². The van der Waals surface area contributed by atoms with Gasteiger partial charge in [-0.25, -0.2) is 4.79 Å². The third-order valence-electron chi connectivity index (χ3n) is 1.53. The van der Waals surface area contributed by atoms with Crippen LogP contribution in [0.4, 0.5) is 0 Å². The molecule has 0 saturated carbocycles. The molecule has 0 aromatic carbocycles. The van der Waals surface area contributed by atoms with Gasteiger partial charge in [-0.15, -0.1) is 0 Å². The number of rotatable bonds is 1. The molecule has 3 heteroatoms. The van der Waals surface area contributed by atoms with Crippen LogP contribution in [0.1, 0.15) is 41.2 Å². The second-order valence-corrected chi connectivity index (χ2v) is 2.69. The Morgan fingerprint density at radius 3 is 1.85 bits per heavy atom. The van der Waals surface area contributed by atoms with Gasteiger partial charge in [0.15, 0.2) is 0 Å². The molecule has 0 atom stereocenters. The lowest BCUT2D eigenvalue weighted by Crippen LogP contribution is -2.23. The van der Waals surface area contributed by atoms with E-state index in [1.807, 2.05) is 27.7 Å². The first kappa shape index (κ1) is 14.5. The maximum Gasteiger partial charge on any atom is 0.328 e. The standard InChI is InChI=1S/C7H12N2O.C2H6.CH4/c1-6(2)9-5-4-8(3)7(9)10;1-2;/h4-6H,1-3H3;1-2H3;1H4. The summed E-state index contributed by atoms with van der Waals surface area (Å²) >= 11 is 0. The van der Waals surface area contributed by atoms with Crippen molar-refractivity contribution >= 4 is 0 Å². The molecule has 3 nitrogen and oxygen atoms in total. The minimum atomic E-state index is 0. The zero-order chi connectivity index (χ0) is 9.72. The molecule has 1 rings (SSSR count). The van der Waals surface area contributed by atoms with E-state index in [-0.39, 0.29) is 19.2 Å². The van der Waals surface area contributed by atoms with Crippen molar-refractivity contribution in [3.8, 4) is 0 Å². The average Bonchev–Trinajstić information content (AvgIpc) is 2.37. The van der Waals surface area contributed by atoms with Crippen LogP contribution in [0.3, 0.4) is 0 Å². The average molecular weight is 186 g/mol. The zero-order valence-electron chi connectivity index (χ0n) is 8.53. The van der Waals surface area contributed by atoms with Crippen LogP contribution < -0.4 is 5.69 Å². The lowest BCUT2D eigenvalue weighted by Gasteiger charge is -2.02. The van der Waals surface area contributed by atoms with Crippen LogP contribution in [0, 0.1) is 0 Å². The lowest BCUT2D eigenvalue weighted by atomic mass is 10.4. The van der Waals surface area contributed by atoms with Crippen molar-refractivity contribution in [2.24, 2.45) is 7.05 Å². The fraction of sp³-hybridized carbons (Fsp3) is 0.700. The summed E-state index contributed by atoms with van der Waals surface area (Å²) in [5.41, 5.74) is 0.0509. The molecule has 0 amide bonds. The first-order chi connectivity index (χ1) is 5.63. The van der Waals surface area contributed by atoms with E-state index in [4.69, 9.17) is 0 Å². The second kappa shape index (κ2) is 6.52. The van der Waals surface area contributed by atoms with E-state index in [0.717, 1.165) is 0 Å². The molecule has 0 aliphatic rings. The maximum atomic E-state index is 11.1. The van der Waals surface area contributed by atoms with Gasteiger partial charge >= 0.3 is 5.69 Å². The SMILES string of the molecule is C.CC.CC(C)n1ccn(C)c1=O. The predicted octanol–water partition coefficient (Wildman–Crippen LogP) is 2.43. The Kier molecular flexibility index (Phi) is 7.28. The van der Waals surface area contributed by atoms with E-state index in [1.165, 1.54) is 0 Å². The fourth-order valence-electron chi connectivity index (χ4n) is 0.874. The molecule has 78 valence electrons. The summed E-state index contributed by atoms with van der Waals surface area (Å²) in [6.07, 6.45) is 3.56. The number of hydrogen-bond donors (Lipinski definition) is 0. The van der Waals surface area contributed by atoms with Crippen molar-refractivity contribution in [1.29, 1.82) is 0 Å². The largest absolute Gasteiger partial charge is 0.328 e. The minimum absolute atomic E-state index is 0. The summed E-state index contributed by atoms with van der Waals surface area (Å²) in [5, 5.41) is 0. The van der Waals surface area contributed by atoms with Crippen LogP contribution >= 0.6 is 0 Å². The summed E-state index contributed by atoms with van der Waals surface area (Å²) in [6.45, 7) is 7.98. The molecule has 0 fully saturated rings. The number of imidazole rings is 1. The fourth-order valence-corrected chi connectivity index (χ4v) is 0.874. The van der Waals surface area contributed by atoms with Crippen molar-refractivity contribution in [3.05, 3.63) is 22.9 Å². The highest BCUT2D eigenvalue weighted by Crippen LogP contribution is 1.97. The number of aryl methyl sites for hydroxylation is 1. The van der Waals surface area contributed by atoms with Crippen molar-refractivity contribution in [1.82, 2.24) is 9.13 Å². The lowest BCUT2D eigenvalue weighted by molar-refractivity contribution is 0.567. The van der Waals surface area contributed by atoms with E-state index in [0.29, 0.717) is 0 Å². The van der Waals surface area contributed by atoms with Gasteiger partial charge in [0.2, 0.25) is 0 Å². The molecule has 0 N–H and O–H groups in total. The molecule has 0 aliphatic heterocycles. The maximum absolute atomic E-state index is 11.1. The molecule has 0 radical (unpaired) electrons. The van der Waals surface area contributed by atoms with Crippen molar-refractivity contribution in [2.45, 2.75) is 41.2 Å². The summed E-state index contributed by atoms with van der Waals surface area (Å²) in [7, 11) is 1.75. The van der Waals surface area contributed by atoms with Gasteiger partial charge in [0, 0.05) is 25.5 Å². The minimum Gasteiger partial charge on any atom is -0.302 e. The van der Waals surface area contributed by atoms with E-state index in [9.17, 15) is 4.79 Å². The Morgan fingerprint density at radius 2 is 1.69 bits per heavy atom. The third kappa shape index (κ3) is 3.49. The van der Waals surface area contributed by atoms with Crippen molar-refractivity contribution in [3.63, 3.8) is 0 Å². The number of hydrogen-bond acceptors (Lipinski definition) is 1. The Bertz CT molecular complexity index is 271. The quantitative estimate of drug-likeness (QED) is 0.661. The van der Waals surface area contributed by atoms with Crippen LogP contribution in [-0.2, 0) is 7.05 Å². The Labute approximate surface area is 81.0 Å². The van der Waals surface area contributed by atoms with Gasteiger partial charge in [0.1, 0.15) is 0 Å². The summed E-state index contributed by atoms with van der Waals surface area (Å²) < 4.78 is 3.26. The Hall–Kier alpha value is -0.990. The van der Waals surface area contributed by atoms with Gasteiger partial charge in [0.25, 0.3) is 0 Å². The first-order valence-corrected chi connectivity index (χ1v) is 4.36.